The number of carbonyl (C=O) groups is 2. The van der Waals surface area contributed by atoms with E-state index in [2.05, 4.69) is 17.4 Å². The first kappa shape index (κ1) is 14.7. The van der Waals surface area contributed by atoms with Crippen molar-refractivity contribution < 1.29 is 9.59 Å². The number of rotatable bonds is 2. The monoisotopic (exact) mass is 274 g/mol. The summed E-state index contributed by atoms with van der Waals surface area (Å²) in [5, 5.41) is 2.97. The van der Waals surface area contributed by atoms with Crippen LogP contribution < -0.4 is 5.32 Å². The van der Waals surface area contributed by atoms with Gasteiger partial charge in [0.05, 0.1) is 18.6 Å². The van der Waals surface area contributed by atoms with Crippen molar-refractivity contribution in [2.24, 2.45) is 0 Å². The minimum absolute atomic E-state index is 0.159. The van der Waals surface area contributed by atoms with Crippen LogP contribution in [0, 0.1) is 20.8 Å². The van der Waals surface area contributed by atoms with Gasteiger partial charge in [0.25, 0.3) is 0 Å². The number of benzene rings is 1. The van der Waals surface area contributed by atoms with Gasteiger partial charge in [-0.15, -0.1) is 0 Å². The molecule has 4 heteroatoms. The Balaban J connectivity index is 2.33. The maximum Gasteiger partial charge on any atom is 0.249 e. The number of piperazine rings is 1. The molecule has 1 heterocycles. The Morgan fingerprint density at radius 3 is 2.25 bits per heavy atom. The summed E-state index contributed by atoms with van der Waals surface area (Å²) in [7, 11) is 0. The number of amides is 2. The second-order valence-corrected chi connectivity index (χ2v) is 6.14. The molecule has 0 saturated carbocycles. The van der Waals surface area contributed by atoms with Gasteiger partial charge in [0.15, 0.2) is 0 Å². The van der Waals surface area contributed by atoms with Crippen LogP contribution in [0.25, 0.3) is 0 Å². The van der Waals surface area contributed by atoms with Crippen molar-refractivity contribution in [1.82, 2.24) is 10.2 Å². The molecule has 0 aromatic heterocycles. The molecule has 1 N–H and O–H groups in total. The fourth-order valence-corrected chi connectivity index (χ4v) is 2.70. The molecule has 20 heavy (non-hydrogen) atoms. The zero-order valence-corrected chi connectivity index (χ0v) is 12.8. The molecule has 1 aliphatic rings. The van der Waals surface area contributed by atoms with Gasteiger partial charge in [-0.2, -0.15) is 0 Å². The molecule has 108 valence electrons. The molecule has 0 spiro atoms. The Labute approximate surface area is 120 Å². The minimum atomic E-state index is -0.680. The maximum absolute atomic E-state index is 12.4. The van der Waals surface area contributed by atoms with Crippen molar-refractivity contribution in [2.45, 2.75) is 46.7 Å². The average Bonchev–Trinajstić information content (AvgIpc) is 2.33. The van der Waals surface area contributed by atoms with Gasteiger partial charge in [-0.25, -0.2) is 0 Å². The average molecular weight is 274 g/mol. The zero-order chi connectivity index (χ0) is 15.1. The van der Waals surface area contributed by atoms with Crippen LogP contribution in [-0.4, -0.2) is 28.8 Å². The molecule has 0 radical (unpaired) electrons. The van der Waals surface area contributed by atoms with E-state index in [4.69, 9.17) is 0 Å². The molecule has 4 nitrogen and oxygen atoms in total. The van der Waals surface area contributed by atoms with E-state index in [-0.39, 0.29) is 18.4 Å². The molecule has 1 aliphatic heterocycles. The standard InChI is InChI=1S/C16H22N2O2/c1-10-6-11(2)13(12(3)7-10)9-18-14(19)8-17-16(4,5)15(18)20/h6-7,17H,8-9H2,1-5H3. The number of hydrogen-bond acceptors (Lipinski definition) is 3. The molecule has 1 saturated heterocycles. The van der Waals surface area contributed by atoms with Crippen molar-refractivity contribution in [3.8, 4) is 0 Å². The molecule has 2 rings (SSSR count). The second kappa shape index (κ2) is 5.02. The normalized spacial score (nSPS) is 18.6. The van der Waals surface area contributed by atoms with E-state index in [1.807, 2.05) is 34.6 Å². The van der Waals surface area contributed by atoms with Crippen molar-refractivity contribution in [3.05, 3.63) is 34.4 Å². The summed E-state index contributed by atoms with van der Waals surface area (Å²) in [4.78, 5) is 25.8. The van der Waals surface area contributed by atoms with Gasteiger partial charge in [-0.1, -0.05) is 17.7 Å². The summed E-state index contributed by atoms with van der Waals surface area (Å²) in [6.45, 7) is 10.3. The van der Waals surface area contributed by atoms with Gasteiger partial charge in [-0.3, -0.25) is 19.8 Å². The molecule has 0 bridgehead atoms. The molecule has 1 fully saturated rings. The Hall–Kier alpha value is -1.68. The van der Waals surface area contributed by atoms with E-state index in [1.54, 1.807) is 0 Å². The van der Waals surface area contributed by atoms with Crippen molar-refractivity contribution in [3.63, 3.8) is 0 Å². The SMILES string of the molecule is Cc1cc(C)c(CN2C(=O)CNC(C)(C)C2=O)c(C)c1. The molecule has 0 atom stereocenters. The maximum atomic E-state index is 12.4. The van der Waals surface area contributed by atoms with Crippen LogP contribution in [-0.2, 0) is 16.1 Å². The second-order valence-electron chi connectivity index (χ2n) is 6.14. The van der Waals surface area contributed by atoms with Crippen LogP contribution in [0.1, 0.15) is 36.1 Å². The third-order valence-electron chi connectivity index (χ3n) is 3.92. The first-order chi connectivity index (χ1) is 9.22. The Morgan fingerprint density at radius 2 is 1.70 bits per heavy atom. The van der Waals surface area contributed by atoms with Crippen molar-refractivity contribution >= 4 is 11.8 Å². The summed E-state index contributed by atoms with van der Waals surface area (Å²) < 4.78 is 0. The summed E-state index contributed by atoms with van der Waals surface area (Å²) >= 11 is 0. The number of carbonyl (C=O) groups excluding carboxylic acids is 2. The molecular formula is C16H22N2O2. The predicted octanol–water partition coefficient (Wildman–Crippen LogP) is 1.85. The predicted molar refractivity (Wildman–Crippen MR) is 78.3 cm³/mol. The highest BCUT2D eigenvalue weighted by molar-refractivity contribution is 6.03. The summed E-state index contributed by atoms with van der Waals surface area (Å²) in [6, 6.07) is 4.18. The third-order valence-corrected chi connectivity index (χ3v) is 3.92. The molecular weight excluding hydrogens is 252 g/mol. The van der Waals surface area contributed by atoms with Gasteiger partial charge < -0.3 is 0 Å². The lowest BCUT2D eigenvalue weighted by atomic mass is 9.96. The number of hydrogen-bond donors (Lipinski definition) is 1. The van der Waals surface area contributed by atoms with Gasteiger partial charge in [0.2, 0.25) is 11.8 Å². The van der Waals surface area contributed by atoms with Gasteiger partial charge in [-0.05, 0) is 51.3 Å². The molecule has 0 unspecified atom stereocenters. The number of nitrogens with zero attached hydrogens (tertiary/aromatic N) is 1. The Kier molecular flexibility index (Phi) is 3.69. The van der Waals surface area contributed by atoms with E-state index in [0.29, 0.717) is 6.54 Å². The van der Waals surface area contributed by atoms with E-state index >= 15 is 0 Å². The largest absolute Gasteiger partial charge is 0.295 e. The highest BCUT2D eigenvalue weighted by Gasteiger charge is 2.39. The smallest absolute Gasteiger partial charge is 0.249 e. The lowest BCUT2D eigenvalue weighted by molar-refractivity contribution is -0.153. The molecule has 1 aromatic carbocycles. The van der Waals surface area contributed by atoms with Crippen molar-refractivity contribution in [1.29, 1.82) is 0 Å². The Morgan fingerprint density at radius 1 is 1.15 bits per heavy atom. The van der Waals surface area contributed by atoms with Crippen LogP contribution in [0.15, 0.2) is 12.1 Å². The minimum Gasteiger partial charge on any atom is -0.295 e. The molecule has 1 aromatic rings. The van der Waals surface area contributed by atoms with E-state index in [0.717, 1.165) is 16.7 Å². The lowest BCUT2D eigenvalue weighted by Gasteiger charge is -2.37. The number of aryl methyl sites for hydroxylation is 3. The van der Waals surface area contributed by atoms with Crippen molar-refractivity contribution in [2.75, 3.05) is 6.54 Å². The van der Waals surface area contributed by atoms with Crippen LogP contribution in [0.4, 0.5) is 0 Å². The fraction of sp³-hybridized carbons (Fsp3) is 0.500. The highest BCUT2D eigenvalue weighted by atomic mass is 16.2. The zero-order valence-electron chi connectivity index (χ0n) is 12.8. The highest BCUT2D eigenvalue weighted by Crippen LogP contribution is 2.21. The van der Waals surface area contributed by atoms with E-state index in [9.17, 15) is 9.59 Å². The lowest BCUT2D eigenvalue weighted by Crippen LogP contribution is -2.63. The Bertz CT molecular complexity index is 553. The molecule has 2 amide bonds. The summed E-state index contributed by atoms with van der Waals surface area (Å²) in [5.74, 6) is -0.318. The topological polar surface area (TPSA) is 49.4 Å². The van der Waals surface area contributed by atoms with Gasteiger partial charge >= 0.3 is 0 Å². The summed E-state index contributed by atoms with van der Waals surface area (Å²) in [6.07, 6.45) is 0. The van der Waals surface area contributed by atoms with Gasteiger partial charge in [0.1, 0.15) is 0 Å². The first-order valence-electron chi connectivity index (χ1n) is 6.89. The first-order valence-corrected chi connectivity index (χ1v) is 6.89. The van der Waals surface area contributed by atoms with Gasteiger partial charge in [0, 0.05) is 0 Å². The number of imide groups is 1. The third kappa shape index (κ3) is 2.61. The van der Waals surface area contributed by atoms with Crippen LogP contribution in [0.5, 0.6) is 0 Å². The fourth-order valence-electron chi connectivity index (χ4n) is 2.70. The molecule has 0 aliphatic carbocycles. The number of nitrogens with one attached hydrogen (secondary N) is 1. The van der Waals surface area contributed by atoms with Crippen LogP contribution in [0.3, 0.4) is 0 Å². The van der Waals surface area contributed by atoms with E-state index < -0.39 is 5.54 Å². The van der Waals surface area contributed by atoms with E-state index in [1.165, 1.54) is 10.5 Å². The summed E-state index contributed by atoms with van der Waals surface area (Å²) in [5.41, 5.74) is 3.83. The van der Waals surface area contributed by atoms with Crippen LogP contribution in [0.2, 0.25) is 0 Å². The quantitative estimate of drug-likeness (QED) is 0.837. The van der Waals surface area contributed by atoms with Crippen LogP contribution >= 0.6 is 0 Å².